The van der Waals surface area contributed by atoms with Crippen LogP contribution in [0.2, 0.25) is 0 Å². The van der Waals surface area contributed by atoms with Gasteiger partial charge in [0.15, 0.2) is 0 Å². The predicted octanol–water partition coefficient (Wildman–Crippen LogP) is 6.41. The van der Waals surface area contributed by atoms with E-state index in [-0.39, 0.29) is 34.6 Å². The Kier molecular flexibility index (Phi) is 5.36. The summed E-state index contributed by atoms with van der Waals surface area (Å²) in [6.45, 7) is 13.5. The van der Waals surface area contributed by atoms with Crippen LogP contribution in [0.4, 0.5) is 0 Å². The van der Waals surface area contributed by atoms with E-state index in [1.54, 1.807) is 12.5 Å². The molecular weight excluding hydrogens is 424 g/mol. The first-order valence-corrected chi connectivity index (χ1v) is 13.9. The number of carbonyl (C=O) groups is 2. The molecule has 0 aromatic carbocycles. The summed E-state index contributed by atoms with van der Waals surface area (Å²) in [7, 11) is 0. The van der Waals surface area contributed by atoms with Crippen molar-refractivity contribution < 1.29 is 19.8 Å². The summed E-state index contributed by atoms with van der Waals surface area (Å²) in [4.78, 5) is 23.9. The van der Waals surface area contributed by atoms with Crippen molar-refractivity contribution in [1.29, 1.82) is 0 Å². The van der Waals surface area contributed by atoms with Crippen molar-refractivity contribution in [2.24, 2.45) is 50.7 Å². The van der Waals surface area contributed by atoms with Gasteiger partial charge < -0.3 is 10.2 Å². The van der Waals surface area contributed by atoms with Crippen molar-refractivity contribution in [1.82, 2.24) is 0 Å². The molecule has 0 heterocycles. The number of aliphatic hydroxyl groups is 1. The number of ketones is 1. The number of Topliss-reactive ketones (excluding diaryl/α,β-unsaturated/α-hetero) is 1. The molecule has 4 nitrogen and oxygen atoms in total. The molecule has 2 spiro atoms. The van der Waals surface area contributed by atoms with Crippen LogP contribution in [-0.4, -0.2) is 28.1 Å². The molecule has 5 aliphatic rings. The van der Waals surface area contributed by atoms with Crippen molar-refractivity contribution in [2.75, 3.05) is 0 Å². The van der Waals surface area contributed by atoms with E-state index in [2.05, 4.69) is 40.7 Å². The first kappa shape index (κ1) is 24.5. The van der Waals surface area contributed by atoms with Gasteiger partial charge in [-0.15, -0.1) is 0 Å². The molecule has 9 atom stereocenters. The maximum Gasteiger partial charge on any atom is 0.306 e. The first-order valence-electron chi connectivity index (χ1n) is 13.9. The fraction of sp³-hybridized carbons (Fsp3) is 0.867. The van der Waals surface area contributed by atoms with Gasteiger partial charge in [-0.05, 0) is 96.2 Å². The van der Waals surface area contributed by atoms with E-state index in [0.29, 0.717) is 35.0 Å². The van der Waals surface area contributed by atoms with Crippen molar-refractivity contribution in [3.63, 3.8) is 0 Å². The highest BCUT2D eigenvalue weighted by molar-refractivity contribution is 5.83. The normalized spacial score (nSPS) is 47.9. The van der Waals surface area contributed by atoms with Crippen molar-refractivity contribution in [3.8, 4) is 0 Å². The summed E-state index contributed by atoms with van der Waals surface area (Å²) in [5, 5.41) is 20.0. The molecule has 0 radical (unpaired) electrons. The highest BCUT2D eigenvalue weighted by Gasteiger charge is 2.80. The molecule has 0 aromatic heterocycles. The molecule has 4 fully saturated rings. The van der Waals surface area contributed by atoms with Gasteiger partial charge in [0.1, 0.15) is 5.78 Å². The first-order chi connectivity index (χ1) is 15.8. The number of carboxylic acids is 1. The monoisotopic (exact) mass is 470 g/mol. The SMILES string of the molecule is C[C@H](CC(=O)C[C@@H](C)[C@H]1CC[C@@]2(C)C3=CC[C@H]4C(C)(C)[C@H](O)CC[C@@]45C[C@@]35CC[C@]12C)C(=O)O. The number of aliphatic carboxylic acids is 1. The third-order valence-electron chi connectivity index (χ3n) is 12.7. The van der Waals surface area contributed by atoms with Crippen molar-refractivity contribution in [2.45, 2.75) is 112 Å². The van der Waals surface area contributed by atoms with Crippen LogP contribution in [0.15, 0.2) is 11.6 Å². The lowest BCUT2D eigenvalue weighted by molar-refractivity contribution is -0.143. The molecule has 0 amide bonds. The van der Waals surface area contributed by atoms with Gasteiger partial charge in [-0.3, -0.25) is 9.59 Å². The van der Waals surface area contributed by atoms with Crippen LogP contribution in [-0.2, 0) is 9.59 Å². The number of hydrogen-bond acceptors (Lipinski definition) is 3. The number of allylic oxidation sites excluding steroid dienone is 2. The van der Waals surface area contributed by atoms with Crippen LogP contribution in [0.5, 0.6) is 0 Å². The maximum absolute atomic E-state index is 12.7. The summed E-state index contributed by atoms with van der Waals surface area (Å²) in [5.74, 6) is 0.0305. The van der Waals surface area contributed by atoms with Crippen LogP contribution in [0.1, 0.15) is 106 Å². The van der Waals surface area contributed by atoms with E-state index < -0.39 is 11.9 Å². The average molecular weight is 471 g/mol. The molecule has 0 aliphatic heterocycles. The van der Waals surface area contributed by atoms with Crippen LogP contribution < -0.4 is 0 Å². The number of carboxylic acid groups (broad SMARTS) is 1. The molecule has 0 aromatic rings. The van der Waals surface area contributed by atoms with E-state index in [1.807, 2.05) is 0 Å². The van der Waals surface area contributed by atoms with Crippen molar-refractivity contribution in [3.05, 3.63) is 11.6 Å². The van der Waals surface area contributed by atoms with E-state index in [0.717, 1.165) is 12.8 Å². The Labute approximate surface area is 206 Å². The van der Waals surface area contributed by atoms with Gasteiger partial charge in [-0.1, -0.05) is 53.2 Å². The number of rotatable bonds is 6. The standard InChI is InChI=1S/C30H46O4/c1-18(15-20(31)16-19(2)25(33)34)21-9-11-28(6)23-8-7-22-26(3,4)24(32)10-12-29(22)17-30(23,29)14-13-27(21,28)5/h8,18-19,21-22,24,32H,7,9-17H2,1-6H3,(H,33,34)/t18-,19-,21-,22+,24-,27-,28+,29-,30+/m1/s1. The number of hydrogen-bond donors (Lipinski definition) is 2. The smallest absolute Gasteiger partial charge is 0.306 e. The Morgan fingerprint density at radius 1 is 1.03 bits per heavy atom. The molecule has 0 unspecified atom stereocenters. The Bertz CT molecular complexity index is 934. The lowest BCUT2D eigenvalue weighted by Gasteiger charge is -2.59. The van der Waals surface area contributed by atoms with Gasteiger partial charge in [0.2, 0.25) is 0 Å². The van der Waals surface area contributed by atoms with Gasteiger partial charge in [-0.2, -0.15) is 0 Å². The van der Waals surface area contributed by atoms with E-state index in [9.17, 15) is 19.8 Å². The molecule has 0 saturated heterocycles. The highest BCUT2D eigenvalue weighted by atomic mass is 16.4. The molecule has 5 aliphatic carbocycles. The van der Waals surface area contributed by atoms with Crippen LogP contribution in [0, 0.1) is 50.7 Å². The maximum atomic E-state index is 12.7. The summed E-state index contributed by atoms with van der Waals surface area (Å²) in [5.41, 5.74) is 2.88. The summed E-state index contributed by atoms with van der Waals surface area (Å²) in [6.07, 6.45) is 12.5. The quantitative estimate of drug-likeness (QED) is 0.440. The van der Waals surface area contributed by atoms with E-state index in [1.165, 1.54) is 38.5 Å². The third kappa shape index (κ3) is 2.93. The number of fused-ring (bicyclic) bond motifs is 2. The van der Waals surface area contributed by atoms with Crippen LogP contribution >= 0.6 is 0 Å². The fourth-order valence-corrected chi connectivity index (χ4v) is 10.5. The Morgan fingerprint density at radius 2 is 1.74 bits per heavy atom. The zero-order chi connectivity index (χ0) is 24.9. The minimum absolute atomic E-state index is 0.00832. The molecule has 190 valence electrons. The van der Waals surface area contributed by atoms with Gasteiger partial charge in [0.05, 0.1) is 12.0 Å². The zero-order valence-corrected chi connectivity index (χ0v) is 22.2. The lowest BCUT2D eigenvalue weighted by atomic mass is 9.45. The Hall–Kier alpha value is -1.16. The Morgan fingerprint density at radius 3 is 2.41 bits per heavy atom. The van der Waals surface area contributed by atoms with Gasteiger partial charge in [0.25, 0.3) is 0 Å². The van der Waals surface area contributed by atoms with Gasteiger partial charge >= 0.3 is 5.97 Å². The van der Waals surface area contributed by atoms with E-state index >= 15 is 0 Å². The summed E-state index contributed by atoms with van der Waals surface area (Å²) in [6, 6.07) is 0. The van der Waals surface area contributed by atoms with Crippen LogP contribution in [0.3, 0.4) is 0 Å². The van der Waals surface area contributed by atoms with Crippen molar-refractivity contribution >= 4 is 11.8 Å². The molecule has 34 heavy (non-hydrogen) atoms. The molecule has 5 rings (SSSR count). The highest BCUT2D eigenvalue weighted by Crippen LogP contribution is 2.87. The second kappa shape index (κ2) is 7.43. The summed E-state index contributed by atoms with van der Waals surface area (Å²) < 4.78 is 0. The molecule has 4 saturated carbocycles. The van der Waals surface area contributed by atoms with Gasteiger partial charge in [-0.25, -0.2) is 0 Å². The predicted molar refractivity (Wildman–Crippen MR) is 133 cm³/mol. The number of aliphatic hydroxyl groups excluding tert-OH is 1. The second-order valence-electron chi connectivity index (χ2n) is 14.3. The minimum atomic E-state index is -0.877. The third-order valence-corrected chi connectivity index (χ3v) is 12.7. The minimum Gasteiger partial charge on any atom is -0.481 e. The molecule has 0 bridgehead atoms. The summed E-state index contributed by atoms with van der Waals surface area (Å²) >= 11 is 0. The van der Waals surface area contributed by atoms with E-state index in [4.69, 9.17) is 0 Å². The van der Waals surface area contributed by atoms with Gasteiger partial charge in [0, 0.05) is 12.8 Å². The lowest BCUT2D eigenvalue weighted by Crippen LogP contribution is -2.53. The topological polar surface area (TPSA) is 74.6 Å². The molecule has 2 N–H and O–H groups in total. The fourth-order valence-electron chi connectivity index (χ4n) is 10.5. The number of carbonyl (C=O) groups excluding carboxylic acids is 1. The second-order valence-corrected chi connectivity index (χ2v) is 14.3. The molecule has 4 heteroatoms. The Balaban J connectivity index is 1.39. The van der Waals surface area contributed by atoms with Crippen LogP contribution in [0.25, 0.3) is 0 Å². The molecular formula is C30H46O4. The largest absolute Gasteiger partial charge is 0.481 e. The zero-order valence-electron chi connectivity index (χ0n) is 22.2. The average Bonchev–Trinajstić information content (AvgIpc) is 3.33.